The van der Waals surface area contributed by atoms with Crippen LogP contribution in [-0.2, 0) is 14.6 Å². The van der Waals surface area contributed by atoms with Gasteiger partial charge in [-0.1, -0.05) is 32.0 Å². The van der Waals surface area contributed by atoms with Gasteiger partial charge in [0.25, 0.3) is 0 Å². The lowest BCUT2D eigenvalue weighted by Gasteiger charge is -2.27. The molecule has 1 aliphatic rings. The maximum Gasteiger partial charge on any atom is 0.183 e. The highest BCUT2D eigenvalue weighted by Gasteiger charge is 2.53. The second-order valence-corrected chi connectivity index (χ2v) is 7.55. The predicted octanol–water partition coefficient (Wildman–Crippen LogP) is 0.131. The van der Waals surface area contributed by atoms with E-state index in [9.17, 15) is 23.7 Å². The van der Waals surface area contributed by atoms with Crippen molar-refractivity contribution in [2.24, 2.45) is 11.8 Å². The van der Waals surface area contributed by atoms with Gasteiger partial charge in [-0.3, -0.25) is 0 Å². The molecule has 21 heavy (non-hydrogen) atoms. The second kappa shape index (κ2) is 5.66. The average molecular weight is 316 g/mol. The smallest absolute Gasteiger partial charge is 0.183 e. The van der Waals surface area contributed by atoms with Crippen LogP contribution in [0.1, 0.15) is 13.8 Å². The van der Waals surface area contributed by atoms with Crippen LogP contribution in [0.4, 0.5) is 0 Å². The molecule has 0 aliphatic carbocycles. The van der Waals surface area contributed by atoms with E-state index in [1.165, 1.54) is 12.1 Å². The molecule has 0 amide bonds. The van der Waals surface area contributed by atoms with Crippen molar-refractivity contribution in [1.29, 1.82) is 0 Å². The minimum Gasteiger partial charge on any atom is -0.366 e. The Morgan fingerprint density at radius 2 is 1.81 bits per heavy atom. The molecule has 1 aromatic carbocycles. The van der Waals surface area contributed by atoms with Crippen LogP contribution in [0.25, 0.3) is 0 Å². The number of aliphatic hydroxyl groups is 3. The van der Waals surface area contributed by atoms with Crippen molar-refractivity contribution in [3.05, 3.63) is 30.3 Å². The molecular formula is C14H20O6S. The molecule has 0 bridgehead atoms. The van der Waals surface area contributed by atoms with Gasteiger partial charge in [0.1, 0.15) is 11.9 Å². The van der Waals surface area contributed by atoms with E-state index in [1.807, 2.05) is 0 Å². The molecule has 6 nitrogen and oxygen atoms in total. The molecule has 1 saturated heterocycles. The summed E-state index contributed by atoms with van der Waals surface area (Å²) < 4.78 is 30.0. The van der Waals surface area contributed by atoms with Crippen LogP contribution in [0, 0.1) is 11.8 Å². The van der Waals surface area contributed by atoms with Crippen LogP contribution < -0.4 is 0 Å². The molecule has 4 atom stereocenters. The van der Waals surface area contributed by atoms with Crippen LogP contribution in [0.15, 0.2) is 35.2 Å². The first-order valence-electron chi connectivity index (χ1n) is 6.71. The summed E-state index contributed by atoms with van der Waals surface area (Å²) in [7, 11) is -3.75. The highest BCUT2D eigenvalue weighted by atomic mass is 32.2. The molecule has 2 rings (SSSR count). The van der Waals surface area contributed by atoms with Crippen molar-refractivity contribution < 1.29 is 28.5 Å². The topological polar surface area (TPSA) is 104 Å². The van der Waals surface area contributed by atoms with E-state index in [1.54, 1.807) is 32.0 Å². The summed E-state index contributed by atoms with van der Waals surface area (Å²) in [4.78, 5) is 0.0925. The van der Waals surface area contributed by atoms with Gasteiger partial charge < -0.3 is 20.1 Å². The number of sulfone groups is 1. The number of rotatable bonds is 4. The zero-order valence-corrected chi connectivity index (χ0v) is 12.7. The quantitative estimate of drug-likeness (QED) is 0.682. The Morgan fingerprint density at radius 3 is 2.29 bits per heavy atom. The van der Waals surface area contributed by atoms with Crippen LogP contribution in [0.3, 0.4) is 0 Å². The third-order valence-corrected chi connectivity index (χ3v) is 5.94. The molecule has 0 radical (unpaired) electrons. The molecular weight excluding hydrogens is 296 g/mol. The standard InChI is InChI=1S/C14H20O6S/c1-9-10(2)14(17,20-12(9)13(15)16)8-21(18,19)11-6-4-3-5-7-11/h3-7,9-10,12-13,15-17H,8H2,1-2H3/t9?,10?,12-,14?/m0/s1. The largest absolute Gasteiger partial charge is 0.366 e. The van der Waals surface area contributed by atoms with Gasteiger partial charge in [-0.2, -0.15) is 0 Å². The fourth-order valence-electron chi connectivity index (χ4n) is 2.63. The number of hydrogen-bond donors (Lipinski definition) is 3. The Bertz CT molecular complexity index is 585. The Morgan fingerprint density at radius 1 is 1.24 bits per heavy atom. The van der Waals surface area contributed by atoms with Crippen LogP contribution in [0.5, 0.6) is 0 Å². The fourth-order valence-corrected chi connectivity index (χ4v) is 4.24. The minimum absolute atomic E-state index is 0.0925. The lowest BCUT2D eigenvalue weighted by Crippen LogP contribution is -2.42. The van der Waals surface area contributed by atoms with Crippen molar-refractivity contribution in [3.8, 4) is 0 Å². The Kier molecular flexibility index (Phi) is 4.41. The number of hydrogen-bond acceptors (Lipinski definition) is 6. The van der Waals surface area contributed by atoms with E-state index in [0.29, 0.717) is 0 Å². The predicted molar refractivity (Wildman–Crippen MR) is 74.9 cm³/mol. The summed E-state index contributed by atoms with van der Waals surface area (Å²) in [5.41, 5.74) is 0. The molecule has 0 saturated carbocycles. The number of aliphatic hydroxyl groups excluding tert-OH is 1. The zero-order valence-electron chi connectivity index (χ0n) is 11.9. The molecule has 1 aliphatic heterocycles. The first kappa shape index (κ1) is 16.4. The number of ether oxygens (including phenoxy) is 1. The van der Waals surface area contributed by atoms with Gasteiger partial charge >= 0.3 is 0 Å². The molecule has 118 valence electrons. The minimum atomic E-state index is -3.75. The Balaban J connectivity index is 2.26. The van der Waals surface area contributed by atoms with Gasteiger partial charge in [0.05, 0.1) is 4.90 Å². The summed E-state index contributed by atoms with van der Waals surface area (Å²) in [6.45, 7) is 3.31. The second-order valence-electron chi connectivity index (χ2n) is 5.56. The van der Waals surface area contributed by atoms with Gasteiger partial charge in [-0.25, -0.2) is 8.42 Å². The zero-order chi connectivity index (χ0) is 15.8. The van der Waals surface area contributed by atoms with E-state index in [4.69, 9.17) is 4.74 Å². The molecule has 3 unspecified atom stereocenters. The summed E-state index contributed by atoms with van der Waals surface area (Å²) >= 11 is 0. The summed E-state index contributed by atoms with van der Waals surface area (Å²) in [6.07, 6.45) is -2.79. The Labute approximate surface area is 123 Å². The highest BCUT2D eigenvalue weighted by Crippen LogP contribution is 2.41. The molecule has 0 aromatic heterocycles. The third-order valence-electron chi connectivity index (χ3n) is 4.15. The lowest BCUT2D eigenvalue weighted by molar-refractivity contribution is -0.233. The number of benzene rings is 1. The molecule has 1 aromatic rings. The normalized spacial score (nSPS) is 33.5. The highest BCUT2D eigenvalue weighted by molar-refractivity contribution is 7.91. The van der Waals surface area contributed by atoms with E-state index in [2.05, 4.69) is 0 Å². The summed E-state index contributed by atoms with van der Waals surface area (Å²) in [5.74, 6) is -3.51. The Hall–Kier alpha value is -0.990. The van der Waals surface area contributed by atoms with Gasteiger partial charge in [0, 0.05) is 5.92 Å². The van der Waals surface area contributed by atoms with Gasteiger partial charge in [-0.05, 0) is 18.1 Å². The van der Waals surface area contributed by atoms with E-state index >= 15 is 0 Å². The molecule has 1 fully saturated rings. The third kappa shape index (κ3) is 3.12. The first-order valence-corrected chi connectivity index (χ1v) is 8.37. The van der Waals surface area contributed by atoms with Gasteiger partial charge in [0.2, 0.25) is 0 Å². The van der Waals surface area contributed by atoms with Gasteiger partial charge in [-0.15, -0.1) is 0 Å². The van der Waals surface area contributed by atoms with Crippen LogP contribution in [-0.4, -0.2) is 47.7 Å². The molecule has 0 spiro atoms. The van der Waals surface area contributed by atoms with Crippen molar-refractivity contribution in [2.45, 2.75) is 36.9 Å². The monoisotopic (exact) mass is 316 g/mol. The van der Waals surface area contributed by atoms with E-state index < -0.39 is 39.7 Å². The van der Waals surface area contributed by atoms with Crippen molar-refractivity contribution >= 4 is 9.84 Å². The van der Waals surface area contributed by atoms with Gasteiger partial charge in [0.15, 0.2) is 21.9 Å². The van der Waals surface area contributed by atoms with E-state index in [0.717, 1.165) is 0 Å². The van der Waals surface area contributed by atoms with E-state index in [-0.39, 0.29) is 10.8 Å². The van der Waals surface area contributed by atoms with Crippen LogP contribution >= 0.6 is 0 Å². The SMILES string of the molecule is CC1C(C)C(O)(CS(=O)(=O)c2ccccc2)O[C@@H]1C(O)O. The maximum atomic E-state index is 12.4. The molecule has 1 heterocycles. The fraction of sp³-hybridized carbons (Fsp3) is 0.571. The van der Waals surface area contributed by atoms with Crippen LogP contribution in [0.2, 0.25) is 0 Å². The molecule has 3 N–H and O–H groups in total. The summed E-state index contributed by atoms with van der Waals surface area (Å²) in [6, 6.07) is 7.78. The first-order chi connectivity index (χ1) is 9.67. The molecule has 7 heteroatoms. The lowest BCUT2D eigenvalue weighted by atomic mass is 9.89. The van der Waals surface area contributed by atoms with Crippen molar-refractivity contribution in [2.75, 3.05) is 5.75 Å². The maximum absolute atomic E-state index is 12.4. The summed E-state index contributed by atoms with van der Waals surface area (Å²) in [5, 5.41) is 29.0. The van der Waals surface area contributed by atoms with Crippen molar-refractivity contribution in [1.82, 2.24) is 0 Å². The average Bonchev–Trinajstić information content (AvgIpc) is 2.64. The van der Waals surface area contributed by atoms with Crippen molar-refractivity contribution in [3.63, 3.8) is 0 Å².